The van der Waals surface area contributed by atoms with Crippen molar-refractivity contribution in [3.63, 3.8) is 0 Å². The average Bonchev–Trinajstić information content (AvgIpc) is 2.52. The fourth-order valence-electron chi connectivity index (χ4n) is 2.39. The molecular formula is C14H22BrN2O4S+. The molecule has 2 N–H and O–H groups in total. The van der Waals surface area contributed by atoms with Crippen molar-refractivity contribution < 1.29 is 22.8 Å². The van der Waals surface area contributed by atoms with Crippen LogP contribution in [0.3, 0.4) is 0 Å². The number of quaternary nitrogens is 1. The number of hydrogen-bond acceptors (Lipinski definition) is 4. The van der Waals surface area contributed by atoms with Crippen molar-refractivity contribution in [3.8, 4) is 5.75 Å². The molecule has 0 spiro atoms. The standard InChI is InChI=1S/C14H21BrN2O4S/c1-20-13-4-3-12(15)11-14(13)22(18,19)16-5-2-6-17-7-9-21-10-8-17/h3-4,11,16H,2,5-10H2,1H3/p+1. The minimum absolute atomic E-state index is 0.156. The van der Waals surface area contributed by atoms with Crippen LogP contribution in [-0.2, 0) is 14.8 Å². The summed E-state index contributed by atoms with van der Waals surface area (Å²) in [6, 6.07) is 4.94. The second-order valence-corrected chi connectivity index (χ2v) is 7.81. The molecule has 1 aromatic carbocycles. The minimum atomic E-state index is -3.57. The molecule has 8 heteroatoms. The van der Waals surface area contributed by atoms with Gasteiger partial charge in [0.05, 0.1) is 26.9 Å². The van der Waals surface area contributed by atoms with Crippen LogP contribution in [0.15, 0.2) is 27.6 Å². The summed E-state index contributed by atoms with van der Waals surface area (Å²) in [5, 5.41) is 0. The number of methoxy groups -OCH3 is 1. The molecule has 1 saturated heterocycles. The molecule has 0 amide bonds. The Morgan fingerprint density at radius 2 is 2.09 bits per heavy atom. The van der Waals surface area contributed by atoms with Crippen LogP contribution in [0.5, 0.6) is 5.75 Å². The highest BCUT2D eigenvalue weighted by Gasteiger charge is 2.20. The highest BCUT2D eigenvalue weighted by atomic mass is 79.9. The number of sulfonamides is 1. The second-order valence-electron chi connectivity index (χ2n) is 5.16. The number of halogens is 1. The predicted molar refractivity (Wildman–Crippen MR) is 86.9 cm³/mol. The van der Waals surface area contributed by atoms with Crippen molar-refractivity contribution in [1.29, 1.82) is 0 Å². The summed E-state index contributed by atoms with van der Waals surface area (Å²) in [4.78, 5) is 1.62. The molecule has 0 radical (unpaired) electrons. The molecule has 0 aliphatic carbocycles. The fraction of sp³-hybridized carbons (Fsp3) is 0.571. The molecule has 0 saturated carbocycles. The molecule has 124 valence electrons. The van der Waals surface area contributed by atoms with E-state index < -0.39 is 10.0 Å². The van der Waals surface area contributed by atoms with E-state index in [1.54, 1.807) is 18.2 Å². The van der Waals surface area contributed by atoms with E-state index in [2.05, 4.69) is 20.7 Å². The Labute approximate surface area is 140 Å². The van der Waals surface area contributed by atoms with Gasteiger partial charge in [-0.05, 0) is 18.2 Å². The lowest BCUT2D eigenvalue weighted by atomic mass is 10.3. The van der Waals surface area contributed by atoms with Gasteiger partial charge in [-0.2, -0.15) is 0 Å². The first-order valence-electron chi connectivity index (χ1n) is 7.27. The third kappa shape index (κ3) is 4.92. The Bertz CT molecular complexity index is 589. The minimum Gasteiger partial charge on any atom is -0.495 e. The molecule has 1 aliphatic rings. The van der Waals surface area contributed by atoms with Crippen LogP contribution in [0.2, 0.25) is 0 Å². The number of hydrogen-bond donors (Lipinski definition) is 2. The molecule has 0 aromatic heterocycles. The van der Waals surface area contributed by atoms with E-state index in [9.17, 15) is 8.42 Å². The van der Waals surface area contributed by atoms with E-state index in [0.29, 0.717) is 16.8 Å². The van der Waals surface area contributed by atoms with Crippen molar-refractivity contribution in [2.45, 2.75) is 11.3 Å². The van der Waals surface area contributed by atoms with Gasteiger partial charge in [0.2, 0.25) is 10.0 Å². The maximum absolute atomic E-state index is 12.4. The average molecular weight is 394 g/mol. The first kappa shape index (κ1) is 17.7. The number of nitrogens with one attached hydrogen (secondary N) is 2. The van der Waals surface area contributed by atoms with Crippen LogP contribution in [0.4, 0.5) is 0 Å². The zero-order chi connectivity index (χ0) is 16.0. The van der Waals surface area contributed by atoms with Crippen LogP contribution in [-0.4, -0.2) is 54.9 Å². The van der Waals surface area contributed by atoms with Gasteiger partial charge in [0.1, 0.15) is 23.7 Å². The molecule has 1 fully saturated rings. The summed E-state index contributed by atoms with van der Waals surface area (Å²) in [7, 11) is -2.11. The number of benzene rings is 1. The Morgan fingerprint density at radius 1 is 1.36 bits per heavy atom. The van der Waals surface area contributed by atoms with Gasteiger partial charge < -0.3 is 14.4 Å². The lowest BCUT2D eigenvalue weighted by molar-refractivity contribution is -0.908. The zero-order valence-electron chi connectivity index (χ0n) is 12.6. The molecule has 0 atom stereocenters. The summed E-state index contributed by atoms with van der Waals surface area (Å²) in [6.07, 6.45) is 0.797. The lowest BCUT2D eigenvalue weighted by Crippen LogP contribution is -3.14. The van der Waals surface area contributed by atoms with Crippen LogP contribution < -0.4 is 14.4 Å². The Morgan fingerprint density at radius 3 is 2.77 bits per heavy atom. The smallest absolute Gasteiger partial charge is 0.244 e. The summed E-state index contributed by atoms with van der Waals surface area (Å²) in [6.45, 7) is 4.93. The van der Waals surface area contributed by atoms with Crippen molar-refractivity contribution in [2.24, 2.45) is 0 Å². The molecule has 1 heterocycles. The Balaban J connectivity index is 1.89. The molecule has 1 aliphatic heterocycles. The SMILES string of the molecule is COc1ccc(Br)cc1S(=O)(=O)NCCC[NH+]1CCOCC1. The van der Waals surface area contributed by atoms with E-state index in [4.69, 9.17) is 9.47 Å². The number of rotatable bonds is 7. The Kier molecular flexibility index (Phi) is 6.64. The molecule has 2 rings (SSSR count). The highest BCUT2D eigenvalue weighted by molar-refractivity contribution is 9.10. The third-order valence-electron chi connectivity index (χ3n) is 3.61. The zero-order valence-corrected chi connectivity index (χ0v) is 15.0. The summed E-state index contributed by atoms with van der Waals surface area (Å²) < 4.78 is 38.5. The molecule has 22 heavy (non-hydrogen) atoms. The van der Waals surface area contributed by atoms with Crippen LogP contribution >= 0.6 is 15.9 Å². The highest BCUT2D eigenvalue weighted by Crippen LogP contribution is 2.26. The molecule has 1 aromatic rings. The molecule has 0 unspecified atom stereocenters. The monoisotopic (exact) mass is 393 g/mol. The topological polar surface area (TPSA) is 69.1 Å². The van der Waals surface area contributed by atoms with Gasteiger partial charge in [-0.25, -0.2) is 13.1 Å². The maximum Gasteiger partial charge on any atom is 0.244 e. The van der Waals surface area contributed by atoms with Gasteiger partial charge in [-0.1, -0.05) is 15.9 Å². The summed E-state index contributed by atoms with van der Waals surface area (Å²) in [5.41, 5.74) is 0. The fourth-order valence-corrected chi connectivity index (χ4v) is 4.17. The second kappa shape index (κ2) is 8.26. The van der Waals surface area contributed by atoms with Crippen molar-refractivity contribution in [3.05, 3.63) is 22.7 Å². The normalized spacial score (nSPS) is 16.6. The van der Waals surface area contributed by atoms with Crippen LogP contribution in [0.1, 0.15) is 6.42 Å². The van der Waals surface area contributed by atoms with Crippen LogP contribution in [0, 0.1) is 0 Å². The van der Waals surface area contributed by atoms with Gasteiger partial charge in [0.15, 0.2) is 0 Å². The summed E-state index contributed by atoms with van der Waals surface area (Å²) in [5.74, 6) is 0.342. The van der Waals surface area contributed by atoms with E-state index in [1.807, 2.05) is 0 Å². The number of ether oxygens (including phenoxy) is 2. The maximum atomic E-state index is 12.4. The molecule has 6 nitrogen and oxygen atoms in total. The van der Waals surface area contributed by atoms with E-state index >= 15 is 0 Å². The van der Waals surface area contributed by atoms with Gasteiger partial charge in [-0.3, -0.25) is 0 Å². The van der Waals surface area contributed by atoms with Crippen molar-refractivity contribution >= 4 is 26.0 Å². The number of morpholine rings is 1. The summed E-state index contributed by atoms with van der Waals surface area (Å²) >= 11 is 3.29. The quantitative estimate of drug-likeness (QED) is 0.641. The van der Waals surface area contributed by atoms with Crippen LogP contribution in [0.25, 0.3) is 0 Å². The van der Waals surface area contributed by atoms with Crippen molar-refractivity contribution in [2.75, 3.05) is 46.5 Å². The van der Waals surface area contributed by atoms with Gasteiger partial charge >= 0.3 is 0 Å². The molecular weight excluding hydrogens is 372 g/mol. The van der Waals surface area contributed by atoms with E-state index in [0.717, 1.165) is 39.3 Å². The van der Waals surface area contributed by atoms with Gasteiger partial charge in [-0.15, -0.1) is 0 Å². The van der Waals surface area contributed by atoms with E-state index in [1.165, 1.54) is 12.0 Å². The van der Waals surface area contributed by atoms with Crippen molar-refractivity contribution in [1.82, 2.24) is 4.72 Å². The van der Waals surface area contributed by atoms with E-state index in [-0.39, 0.29) is 4.90 Å². The third-order valence-corrected chi connectivity index (χ3v) is 5.59. The first-order valence-corrected chi connectivity index (χ1v) is 9.55. The lowest BCUT2D eigenvalue weighted by Gasteiger charge is -2.23. The predicted octanol–water partition coefficient (Wildman–Crippen LogP) is 0.0412. The largest absolute Gasteiger partial charge is 0.495 e. The first-order chi connectivity index (χ1) is 10.5. The van der Waals surface area contributed by atoms with Gasteiger partial charge in [0.25, 0.3) is 0 Å². The van der Waals surface area contributed by atoms with Gasteiger partial charge in [0, 0.05) is 17.4 Å². The molecule has 0 bridgehead atoms. The Hall–Kier alpha value is -0.670.